The van der Waals surface area contributed by atoms with E-state index in [1.807, 2.05) is 25.1 Å². The number of carbonyl (C=O) groups excluding carboxylic acids is 1. The summed E-state index contributed by atoms with van der Waals surface area (Å²) < 4.78 is 0.808. The van der Waals surface area contributed by atoms with Crippen LogP contribution in [0.1, 0.15) is 30.1 Å². The minimum Gasteiger partial charge on any atom is -0.362 e. The molecule has 2 rings (SSSR count). The minimum absolute atomic E-state index is 0. The van der Waals surface area contributed by atoms with Crippen LogP contribution in [0.25, 0.3) is 0 Å². The van der Waals surface area contributed by atoms with Crippen LogP contribution in [0.5, 0.6) is 0 Å². The van der Waals surface area contributed by atoms with Crippen LogP contribution in [-0.4, -0.2) is 43.6 Å². The first-order chi connectivity index (χ1) is 9.49. The molecular formula is C14H23BrCl2N4O. The van der Waals surface area contributed by atoms with Gasteiger partial charge in [0.2, 0.25) is 0 Å². The van der Waals surface area contributed by atoms with Crippen LogP contribution in [-0.2, 0) is 0 Å². The molecule has 1 aromatic heterocycles. The summed E-state index contributed by atoms with van der Waals surface area (Å²) >= 11 is 3.38. The average molecular weight is 414 g/mol. The zero-order valence-electron chi connectivity index (χ0n) is 12.9. The Bertz CT molecular complexity index is 502. The van der Waals surface area contributed by atoms with Gasteiger partial charge >= 0.3 is 0 Å². The molecule has 22 heavy (non-hydrogen) atoms. The van der Waals surface area contributed by atoms with E-state index in [-0.39, 0.29) is 36.8 Å². The van der Waals surface area contributed by atoms with E-state index in [0.717, 1.165) is 23.9 Å². The number of rotatable bonds is 3. The Hall–Kier alpha value is -0.560. The molecule has 1 aromatic rings. The number of pyridine rings is 1. The molecule has 0 aliphatic carbocycles. The summed E-state index contributed by atoms with van der Waals surface area (Å²) in [6.07, 6.45) is 3.81. The average Bonchev–Trinajstić information content (AvgIpc) is 2.40. The van der Waals surface area contributed by atoms with Crippen molar-refractivity contribution in [3.05, 3.63) is 22.3 Å². The van der Waals surface area contributed by atoms with Gasteiger partial charge in [-0.15, -0.1) is 24.8 Å². The number of piperidine rings is 1. The minimum atomic E-state index is -0.0666. The van der Waals surface area contributed by atoms with Gasteiger partial charge in [0.05, 0.1) is 5.56 Å². The number of halogens is 3. The van der Waals surface area contributed by atoms with Crippen LogP contribution in [0.15, 0.2) is 16.7 Å². The van der Waals surface area contributed by atoms with Crippen LogP contribution in [0, 0.1) is 0 Å². The molecule has 2 atom stereocenters. The first-order valence-electron chi connectivity index (χ1n) is 6.86. The number of carbonyl (C=O) groups is 1. The molecule has 0 saturated carbocycles. The number of hydrogen-bond donors (Lipinski definition) is 2. The van der Waals surface area contributed by atoms with Crippen molar-refractivity contribution < 1.29 is 4.79 Å². The van der Waals surface area contributed by atoms with Crippen molar-refractivity contribution in [3.63, 3.8) is 0 Å². The number of aromatic nitrogens is 1. The highest BCUT2D eigenvalue weighted by molar-refractivity contribution is 9.10. The van der Waals surface area contributed by atoms with Gasteiger partial charge in [0.25, 0.3) is 5.91 Å². The maximum atomic E-state index is 12.5. The second kappa shape index (κ2) is 9.55. The lowest BCUT2D eigenvalue weighted by Gasteiger charge is -2.31. The predicted molar refractivity (Wildman–Crippen MR) is 98.7 cm³/mol. The van der Waals surface area contributed by atoms with Crippen molar-refractivity contribution in [1.82, 2.24) is 15.6 Å². The Kier molecular flexibility index (Phi) is 9.31. The molecule has 8 heteroatoms. The van der Waals surface area contributed by atoms with Gasteiger partial charge in [-0.3, -0.25) is 4.79 Å². The van der Waals surface area contributed by atoms with Crippen LogP contribution in [0.4, 0.5) is 5.82 Å². The summed E-state index contributed by atoms with van der Waals surface area (Å²) in [4.78, 5) is 18.7. The molecule has 1 saturated heterocycles. The van der Waals surface area contributed by atoms with Crippen LogP contribution < -0.4 is 15.5 Å². The van der Waals surface area contributed by atoms with Crippen LogP contribution in [0.3, 0.4) is 0 Å². The fourth-order valence-electron chi connectivity index (χ4n) is 2.44. The van der Waals surface area contributed by atoms with Crippen molar-refractivity contribution in [2.75, 3.05) is 25.5 Å². The lowest BCUT2D eigenvalue weighted by Crippen LogP contribution is -2.52. The van der Waals surface area contributed by atoms with E-state index < -0.39 is 0 Å². The number of nitrogens with zero attached hydrogens (tertiary/aromatic N) is 2. The van der Waals surface area contributed by atoms with Gasteiger partial charge in [-0.2, -0.15) is 0 Å². The number of hydrogen-bond acceptors (Lipinski definition) is 4. The highest BCUT2D eigenvalue weighted by atomic mass is 79.9. The van der Waals surface area contributed by atoms with E-state index in [4.69, 9.17) is 0 Å². The van der Waals surface area contributed by atoms with Crippen molar-refractivity contribution in [2.45, 2.75) is 31.8 Å². The maximum Gasteiger partial charge on any atom is 0.255 e. The van der Waals surface area contributed by atoms with E-state index in [2.05, 4.69) is 38.5 Å². The summed E-state index contributed by atoms with van der Waals surface area (Å²) in [7, 11) is 3.77. The lowest BCUT2D eigenvalue weighted by atomic mass is 9.99. The third kappa shape index (κ3) is 5.26. The SMILES string of the molecule is CC1NCCCC1NC(=O)c1cc(Br)cnc1N(C)C.Cl.Cl. The summed E-state index contributed by atoms with van der Waals surface area (Å²) in [5.41, 5.74) is 0.599. The van der Waals surface area contributed by atoms with E-state index in [1.54, 1.807) is 6.20 Å². The Morgan fingerprint density at radius 1 is 1.45 bits per heavy atom. The molecule has 5 nitrogen and oxygen atoms in total. The third-order valence-electron chi connectivity index (χ3n) is 3.58. The van der Waals surface area contributed by atoms with E-state index in [0.29, 0.717) is 17.4 Å². The molecule has 0 spiro atoms. The smallest absolute Gasteiger partial charge is 0.255 e. The maximum absolute atomic E-state index is 12.5. The zero-order chi connectivity index (χ0) is 14.7. The van der Waals surface area contributed by atoms with E-state index >= 15 is 0 Å². The largest absolute Gasteiger partial charge is 0.362 e. The number of nitrogens with one attached hydrogen (secondary N) is 2. The van der Waals surface area contributed by atoms with Crippen molar-refractivity contribution in [2.24, 2.45) is 0 Å². The number of amides is 1. The molecular weight excluding hydrogens is 391 g/mol. The molecule has 2 N–H and O–H groups in total. The molecule has 0 radical (unpaired) electrons. The van der Waals surface area contributed by atoms with Gasteiger partial charge < -0.3 is 15.5 Å². The second-order valence-corrected chi connectivity index (χ2v) is 6.30. The summed E-state index contributed by atoms with van der Waals surface area (Å²) in [6, 6.07) is 2.29. The quantitative estimate of drug-likeness (QED) is 0.799. The summed E-state index contributed by atoms with van der Waals surface area (Å²) in [5.74, 6) is 0.616. The fraction of sp³-hybridized carbons (Fsp3) is 0.571. The van der Waals surface area contributed by atoms with Crippen molar-refractivity contribution >= 4 is 52.5 Å². The Labute approximate surface area is 152 Å². The highest BCUT2D eigenvalue weighted by Crippen LogP contribution is 2.20. The topological polar surface area (TPSA) is 57.3 Å². The highest BCUT2D eigenvalue weighted by Gasteiger charge is 2.24. The predicted octanol–water partition coefficient (Wildman–Crippen LogP) is 2.62. The zero-order valence-corrected chi connectivity index (χ0v) is 16.1. The van der Waals surface area contributed by atoms with Crippen LogP contribution >= 0.6 is 40.7 Å². The third-order valence-corrected chi connectivity index (χ3v) is 4.01. The van der Waals surface area contributed by atoms with Crippen molar-refractivity contribution in [1.29, 1.82) is 0 Å². The molecule has 126 valence electrons. The summed E-state index contributed by atoms with van der Waals surface area (Å²) in [5, 5.41) is 6.51. The first kappa shape index (κ1) is 21.4. The standard InChI is InChI=1S/C14H21BrN4O.2ClH/c1-9-12(5-4-6-16-9)18-14(20)11-7-10(15)8-17-13(11)19(2)3;;/h7-9,12,16H,4-6H2,1-3H3,(H,18,20);2*1H. The Morgan fingerprint density at radius 3 is 2.73 bits per heavy atom. The van der Waals surface area contributed by atoms with Gasteiger partial charge in [0.1, 0.15) is 5.82 Å². The number of anilines is 1. The van der Waals surface area contributed by atoms with Gasteiger partial charge in [-0.05, 0) is 48.3 Å². The molecule has 1 fully saturated rings. The van der Waals surface area contributed by atoms with E-state index in [1.165, 1.54) is 0 Å². The molecule has 0 bridgehead atoms. The molecule has 1 aliphatic heterocycles. The second-order valence-electron chi connectivity index (χ2n) is 5.38. The summed E-state index contributed by atoms with van der Waals surface area (Å²) in [6.45, 7) is 3.13. The monoisotopic (exact) mass is 412 g/mol. The van der Waals surface area contributed by atoms with Gasteiger partial charge in [-0.25, -0.2) is 4.98 Å². The molecule has 2 unspecified atom stereocenters. The molecule has 0 aromatic carbocycles. The van der Waals surface area contributed by atoms with Gasteiger partial charge in [-0.1, -0.05) is 0 Å². The molecule has 1 amide bonds. The fourth-order valence-corrected chi connectivity index (χ4v) is 2.77. The van der Waals surface area contributed by atoms with E-state index in [9.17, 15) is 4.79 Å². The lowest BCUT2D eigenvalue weighted by molar-refractivity contribution is 0.0920. The molecule has 1 aliphatic rings. The van der Waals surface area contributed by atoms with Crippen LogP contribution in [0.2, 0.25) is 0 Å². The Balaban J connectivity index is 0.00000220. The first-order valence-corrected chi connectivity index (χ1v) is 7.65. The van der Waals surface area contributed by atoms with Crippen molar-refractivity contribution in [3.8, 4) is 0 Å². The normalized spacial score (nSPS) is 20.4. The Morgan fingerprint density at radius 2 is 2.14 bits per heavy atom. The van der Waals surface area contributed by atoms with Gasteiger partial charge in [0, 0.05) is 36.8 Å². The molecule has 2 heterocycles. The van der Waals surface area contributed by atoms with Gasteiger partial charge in [0.15, 0.2) is 0 Å².